The Morgan fingerprint density at radius 3 is 2.63 bits per heavy atom. The summed E-state index contributed by atoms with van der Waals surface area (Å²) in [5.74, 6) is -0.505. The Bertz CT molecular complexity index is 851. The molecule has 0 saturated heterocycles. The summed E-state index contributed by atoms with van der Waals surface area (Å²) in [7, 11) is 0. The number of nitrogens with zero attached hydrogens (tertiary/aromatic N) is 1. The molecular weight excluding hydrogens is 363 g/mol. The lowest BCUT2D eigenvalue weighted by Crippen LogP contribution is -2.39. The van der Waals surface area contributed by atoms with Crippen LogP contribution in [-0.4, -0.2) is 28.1 Å². The Labute approximate surface area is 153 Å². The molecule has 2 aromatic rings. The maximum absolute atomic E-state index is 13.0. The van der Waals surface area contributed by atoms with E-state index in [9.17, 15) is 23.1 Å². The van der Waals surface area contributed by atoms with E-state index >= 15 is 0 Å². The molecule has 1 saturated carbocycles. The van der Waals surface area contributed by atoms with E-state index in [-0.39, 0.29) is 35.9 Å². The smallest absolute Gasteiger partial charge is 0.433 e. The van der Waals surface area contributed by atoms with Gasteiger partial charge in [0, 0.05) is 18.2 Å². The van der Waals surface area contributed by atoms with Gasteiger partial charge in [0.1, 0.15) is 11.4 Å². The van der Waals surface area contributed by atoms with Gasteiger partial charge < -0.3 is 20.9 Å². The number of nitrogens with two attached hydrogens (primary N) is 1. The van der Waals surface area contributed by atoms with Crippen molar-refractivity contribution in [3.05, 3.63) is 53.2 Å². The number of alkyl halides is 3. The topological polar surface area (TPSA) is 97.5 Å². The van der Waals surface area contributed by atoms with Crippen molar-refractivity contribution in [1.29, 1.82) is 0 Å². The number of halogens is 3. The third-order valence-corrected chi connectivity index (χ3v) is 4.24. The molecule has 0 radical (unpaired) electrons. The normalized spacial score (nSPS) is 15.3. The highest BCUT2D eigenvalue weighted by molar-refractivity contribution is 5.95. The van der Waals surface area contributed by atoms with Gasteiger partial charge in [0.05, 0.1) is 12.1 Å². The first-order valence-electron chi connectivity index (χ1n) is 8.24. The fourth-order valence-electron chi connectivity index (χ4n) is 2.48. The maximum atomic E-state index is 13.0. The number of aromatic nitrogens is 1. The Morgan fingerprint density at radius 2 is 2.04 bits per heavy atom. The molecule has 27 heavy (non-hydrogen) atoms. The van der Waals surface area contributed by atoms with Gasteiger partial charge in [-0.25, -0.2) is 4.98 Å². The molecule has 1 aromatic heterocycles. The summed E-state index contributed by atoms with van der Waals surface area (Å²) in [4.78, 5) is 15.8. The lowest BCUT2D eigenvalue weighted by atomic mass is 10.1. The number of aliphatic hydroxyl groups is 1. The van der Waals surface area contributed by atoms with Crippen LogP contribution in [-0.2, 0) is 12.7 Å². The van der Waals surface area contributed by atoms with Crippen LogP contribution in [0.3, 0.4) is 0 Å². The molecule has 6 nitrogen and oxygen atoms in total. The largest absolute Gasteiger partial charge is 0.439 e. The number of rotatable bonds is 6. The lowest BCUT2D eigenvalue weighted by Gasteiger charge is -2.15. The summed E-state index contributed by atoms with van der Waals surface area (Å²) >= 11 is 0. The molecule has 1 amide bonds. The number of amides is 1. The number of hydrogen-bond acceptors (Lipinski definition) is 5. The first kappa shape index (κ1) is 19.1. The highest BCUT2D eigenvalue weighted by atomic mass is 19.4. The molecule has 1 heterocycles. The van der Waals surface area contributed by atoms with Crippen LogP contribution in [0, 0.1) is 0 Å². The van der Waals surface area contributed by atoms with Gasteiger partial charge >= 0.3 is 6.18 Å². The summed E-state index contributed by atoms with van der Waals surface area (Å²) in [5, 5.41) is 12.0. The van der Waals surface area contributed by atoms with Gasteiger partial charge in [-0.3, -0.25) is 4.79 Å². The van der Waals surface area contributed by atoms with E-state index in [2.05, 4.69) is 10.3 Å². The van der Waals surface area contributed by atoms with Crippen LogP contribution in [0.1, 0.15) is 34.5 Å². The molecule has 0 unspecified atom stereocenters. The predicted octanol–water partition coefficient (Wildman–Crippen LogP) is 2.61. The van der Waals surface area contributed by atoms with Gasteiger partial charge in [-0.15, -0.1) is 0 Å². The number of carbonyl (C=O) groups is 1. The van der Waals surface area contributed by atoms with Crippen molar-refractivity contribution in [3.8, 4) is 11.6 Å². The van der Waals surface area contributed by atoms with Crippen molar-refractivity contribution < 1.29 is 27.8 Å². The molecule has 1 aliphatic rings. The number of hydrogen-bond donors (Lipinski definition) is 3. The number of aliphatic hydroxyl groups excluding tert-OH is 1. The molecule has 0 atom stereocenters. The van der Waals surface area contributed by atoms with Crippen molar-refractivity contribution in [2.75, 3.05) is 6.61 Å². The number of ether oxygens (including phenoxy) is 1. The maximum Gasteiger partial charge on any atom is 0.433 e. The Hall–Kier alpha value is -2.65. The Morgan fingerprint density at radius 1 is 1.30 bits per heavy atom. The van der Waals surface area contributed by atoms with E-state index in [0.29, 0.717) is 12.8 Å². The van der Waals surface area contributed by atoms with Crippen LogP contribution in [0.4, 0.5) is 13.2 Å². The van der Waals surface area contributed by atoms with Gasteiger partial charge in [-0.1, -0.05) is 6.07 Å². The highest BCUT2D eigenvalue weighted by Crippen LogP contribution is 2.35. The zero-order chi connectivity index (χ0) is 19.7. The zero-order valence-corrected chi connectivity index (χ0v) is 14.2. The monoisotopic (exact) mass is 381 g/mol. The standard InChI is InChI=1S/C18H18F3N3O3/c19-18(20,21)14-6-11(9-22)7-15(23-14)27-13-3-1-2-12(8-13)16(26)24-17(10-25)4-5-17/h1-3,6-8,25H,4-5,9-10,22H2,(H,24,26). The van der Waals surface area contributed by atoms with E-state index < -0.39 is 23.3 Å². The first-order chi connectivity index (χ1) is 12.7. The van der Waals surface area contributed by atoms with Gasteiger partial charge in [0.2, 0.25) is 5.88 Å². The highest BCUT2D eigenvalue weighted by Gasteiger charge is 2.43. The summed E-state index contributed by atoms with van der Waals surface area (Å²) < 4.78 is 44.3. The second-order valence-corrected chi connectivity index (χ2v) is 6.42. The fourth-order valence-corrected chi connectivity index (χ4v) is 2.48. The van der Waals surface area contributed by atoms with Gasteiger partial charge in [0.25, 0.3) is 5.91 Å². The summed E-state index contributed by atoms with van der Waals surface area (Å²) in [6.07, 6.45) is -3.24. The van der Waals surface area contributed by atoms with Crippen LogP contribution in [0.25, 0.3) is 0 Å². The number of carbonyl (C=O) groups excluding carboxylic acids is 1. The van der Waals surface area contributed by atoms with Gasteiger partial charge in [-0.2, -0.15) is 13.2 Å². The minimum absolute atomic E-state index is 0.104. The number of nitrogens with one attached hydrogen (secondary N) is 1. The summed E-state index contributed by atoms with van der Waals surface area (Å²) in [5.41, 5.74) is 4.25. The Balaban J connectivity index is 1.81. The molecule has 0 aliphatic heterocycles. The van der Waals surface area contributed by atoms with E-state index in [1.54, 1.807) is 12.1 Å². The number of pyridine rings is 1. The number of benzene rings is 1. The second-order valence-electron chi connectivity index (χ2n) is 6.42. The van der Waals surface area contributed by atoms with Crippen molar-refractivity contribution in [2.24, 2.45) is 5.73 Å². The fraction of sp³-hybridized carbons (Fsp3) is 0.333. The van der Waals surface area contributed by atoms with Crippen molar-refractivity contribution in [3.63, 3.8) is 0 Å². The molecule has 0 bridgehead atoms. The van der Waals surface area contributed by atoms with E-state index in [0.717, 1.165) is 6.07 Å². The van der Waals surface area contributed by atoms with Crippen LogP contribution < -0.4 is 15.8 Å². The minimum atomic E-state index is -4.63. The molecule has 3 rings (SSSR count). The van der Waals surface area contributed by atoms with Gasteiger partial charge in [0.15, 0.2) is 0 Å². The predicted molar refractivity (Wildman–Crippen MR) is 90.2 cm³/mol. The van der Waals surface area contributed by atoms with E-state index in [4.69, 9.17) is 10.5 Å². The third kappa shape index (κ3) is 4.55. The second kappa shape index (κ2) is 7.16. The molecular formula is C18H18F3N3O3. The van der Waals surface area contributed by atoms with Crippen LogP contribution in [0.15, 0.2) is 36.4 Å². The quantitative estimate of drug-likeness (QED) is 0.715. The average molecular weight is 381 g/mol. The van der Waals surface area contributed by atoms with E-state index in [1.807, 2.05) is 0 Å². The minimum Gasteiger partial charge on any atom is -0.439 e. The molecule has 9 heteroatoms. The third-order valence-electron chi connectivity index (χ3n) is 4.24. The summed E-state index contributed by atoms with van der Waals surface area (Å²) in [6, 6.07) is 8.15. The SMILES string of the molecule is NCc1cc(Oc2cccc(C(=O)NC3(CO)CC3)c2)nc(C(F)(F)F)c1. The molecule has 4 N–H and O–H groups in total. The van der Waals surface area contributed by atoms with Crippen LogP contribution >= 0.6 is 0 Å². The first-order valence-corrected chi connectivity index (χ1v) is 8.24. The van der Waals surface area contributed by atoms with Crippen molar-refractivity contribution in [1.82, 2.24) is 10.3 Å². The average Bonchev–Trinajstić information content (AvgIpc) is 3.41. The van der Waals surface area contributed by atoms with E-state index in [1.165, 1.54) is 18.2 Å². The molecule has 1 aliphatic carbocycles. The molecule has 144 valence electrons. The van der Waals surface area contributed by atoms with Crippen molar-refractivity contribution in [2.45, 2.75) is 31.1 Å². The Kier molecular flexibility index (Phi) is 5.07. The van der Waals surface area contributed by atoms with Crippen LogP contribution in [0.5, 0.6) is 11.6 Å². The lowest BCUT2D eigenvalue weighted by molar-refractivity contribution is -0.141. The molecule has 1 aromatic carbocycles. The summed E-state index contributed by atoms with van der Waals surface area (Å²) in [6.45, 7) is -0.251. The molecule has 0 spiro atoms. The molecule has 1 fully saturated rings. The zero-order valence-electron chi connectivity index (χ0n) is 14.2. The van der Waals surface area contributed by atoms with Crippen LogP contribution in [0.2, 0.25) is 0 Å². The van der Waals surface area contributed by atoms with Crippen molar-refractivity contribution >= 4 is 5.91 Å². The van der Waals surface area contributed by atoms with Gasteiger partial charge in [-0.05, 0) is 42.7 Å².